The number of ether oxygens (including phenoxy) is 1. The van der Waals surface area contributed by atoms with Crippen LogP contribution >= 0.6 is 0 Å². The lowest BCUT2D eigenvalue weighted by molar-refractivity contribution is -0.385. The summed E-state index contributed by atoms with van der Waals surface area (Å²) in [7, 11) is 0. The third kappa shape index (κ3) is 5.59. The fourth-order valence-electron chi connectivity index (χ4n) is 3.43. The van der Waals surface area contributed by atoms with Gasteiger partial charge in [-0.2, -0.15) is 5.10 Å². The van der Waals surface area contributed by atoms with E-state index in [0.29, 0.717) is 23.5 Å². The molecule has 0 aromatic heterocycles. The van der Waals surface area contributed by atoms with Crippen LogP contribution in [-0.4, -0.2) is 17.0 Å². The van der Waals surface area contributed by atoms with Crippen molar-refractivity contribution in [3.05, 3.63) is 118 Å². The zero-order valence-electron chi connectivity index (χ0n) is 17.7. The summed E-state index contributed by atoms with van der Waals surface area (Å²) in [4.78, 5) is 22.8. The van der Waals surface area contributed by atoms with E-state index in [-0.39, 0.29) is 12.1 Å². The van der Waals surface area contributed by atoms with Gasteiger partial charge in [-0.3, -0.25) is 14.9 Å². The highest BCUT2D eigenvalue weighted by molar-refractivity contribution is 5.86. The minimum absolute atomic E-state index is 0.0935. The molecule has 164 valence electrons. The first-order valence-corrected chi connectivity index (χ1v) is 10.3. The van der Waals surface area contributed by atoms with E-state index in [2.05, 4.69) is 34.8 Å². The number of carbonyl (C=O) groups is 1. The highest BCUT2D eigenvalue weighted by atomic mass is 16.6. The lowest BCUT2D eigenvalue weighted by Crippen LogP contribution is -2.20. The second-order valence-electron chi connectivity index (χ2n) is 7.36. The van der Waals surface area contributed by atoms with Crippen molar-refractivity contribution in [3.8, 4) is 5.75 Å². The van der Waals surface area contributed by atoms with Crippen LogP contribution in [0.1, 0.15) is 16.7 Å². The van der Waals surface area contributed by atoms with E-state index in [9.17, 15) is 14.9 Å². The van der Waals surface area contributed by atoms with Crippen molar-refractivity contribution >= 4 is 28.6 Å². The summed E-state index contributed by atoms with van der Waals surface area (Å²) in [6.45, 7) is 0.389. The number of nitro groups is 1. The van der Waals surface area contributed by atoms with Crippen LogP contribution in [0.4, 0.5) is 5.69 Å². The molecule has 0 radical (unpaired) electrons. The SMILES string of the molecule is O=C(Cc1ccccc1[N+](=O)[O-])NN=Cc1ccccc1OCc1ccc2ccccc2c1. The molecular weight excluding hydrogens is 418 g/mol. The molecule has 4 rings (SSSR count). The Bertz CT molecular complexity index is 1330. The van der Waals surface area contributed by atoms with Gasteiger partial charge in [0, 0.05) is 17.2 Å². The van der Waals surface area contributed by atoms with Gasteiger partial charge in [0.05, 0.1) is 17.6 Å². The Morgan fingerprint density at radius 2 is 1.67 bits per heavy atom. The molecule has 4 aromatic carbocycles. The van der Waals surface area contributed by atoms with Crippen molar-refractivity contribution in [2.24, 2.45) is 5.10 Å². The van der Waals surface area contributed by atoms with E-state index in [1.165, 1.54) is 17.7 Å². The van der Waals surface area contributed by atoms with Crippen LogP contribution in [0.3, 0.4) is 0 Å². The van der Waals surface area contributed by atoms with Gasteiger partial charge >= 0.3 is 0 Å². The van der Waals surface area contributed by atoms with Gasteiger partial charge in [0.2, 0.25) is 5.91 Å². The first-order valence-electron chi connectivity index (χ1n) is 10.3. The smallest absolute Gasteiger partial charge is 0.273 e. The molecule has 0 unspecified atom stereocenters. The van der Waals surface area contributed by atoms with E-state index in [4.69, 9.17) is 4.74 Å². The van der Waals surface area contributed by atoms with Crippen LogP contribution in [-0.2, 0) is 17.8 Å². The van der Waals surface area contributed by atoms with Crippen molar-refractivity contribution in [1.29, 1.82) is 0 Å². The zero-order valence-corrected chi connectivity index (χ0v) is 17.7. The highest BCUT2D eigenvalue weighted by Gasteiger charge is 2.15. The van der Waals surface area contributed by atoms with E-state index < -0.39 is 10.8 Å². The van der Waals surface area contributed by atoms with E-state index in [1.54, 1.807) is 18.2 Å². The van der Waals surface area contributed by atoms with Gasteiger partial charge in [-0.25, -0.2) is 5.43 Å². The lowest BCUT2D eigenvalue weighted by Gasteiger charge is -2.10. The number of para-hydroxylation sites is 2. The number of nitrogens with one attached hydrogen (secondary N) is 1. The molecule has 0 aliphatic rings. The molecule has 0 heterocycles. The molecule has 0 saturated carbocycles. The molecule has 33 heavy (non-hydrogen) atoms. The topological polar surface area (TPSA) is 93.8 Å². The maximum absolute atomic E-state index is 12.2. The van der Waals surface area contributed by atoms with Gasteiger partial charge in [-0.1, -0.05) is 66.7 Å². The average molecular weight is 439 g/mol. The quantitative estimate of drug-likeness (QED) is 0.237. The number of hydrogen-bond donors (Lipinski definition) is 1. The third-order valence-electron chi connectivity index (χ3n) is 5.06. The van der Waals surface area contributed by atoms with Crippen LogP contribution in [0.25, 0.3) is 10.8 Å². The first-order chi connectivity index (χ1) is 16.1. The summed E-state index contributed by atoms with van der Waals surface area (Å²) in [6, 6.07) is 27.8. The number of amides is 1. The average Bonchev–Trinajstić information content (AvgIpc) is 2.83. The van der Waals surface area contributed by atoms with E-state index in [1.807, 2.05) is 42.5 Å². The van der Waals surface area contributed by atoms with Gasteiger partial charge < -0.3 is 4.74 Å². The molecular formula is C26H21N3O4. The minimum atomic E-state index is -0.505. The standard InChI is InChI=1S/C26H21N3O4/c30-26(16-22-9-3-5-11-24(22)29(31)32)28-27-17-23-10-4-6-12-25(23)33-18-19-13-14-20-7-1-2-8-21(20)15-19/h1-15,17H,16,18H2,(H,28,30). The number of carbonyl (C=O) groups excluding carboxylic acids is 1. The summed E-state index contributed by atoms with van der Waals surface area (Å²) < 4.78 is 5.99. The predicted molar refractivity (Wildman–Crippen MR) is 127 cm³/mol. The molecule has 1 N–H and O–H groups in total. The summed E-state index contributed by atoms with van der Waals surface area (Å²) >= 11 is 0. The number of nitrogens with zero attached hydrogens (tertiary/aromatic N) is 2. The van der Waals surface area contributed by atoms with Crippen molar-refractivity contribution in [1.82, 2.24) is 5.43 Å². The molecule has 0 aliphatic carbocycles. The zero-order chi connectivity index (χ0) is 23.0. The fraction of sp³-hybridized carbons (Fsp3) is 0.0769. The maximum Gasteiger partial charge on any atom is 0.273 e. The Kier molecular flexibility index (Phi) is 6.70. The number of benzene rings is 4. The predicted octanol–water partition coefficient (Wildman–Crippen LogP) is 5.02. The summed E-state index contributed by atoms with van der Waals surface area (Å²) in [5, 5.41) is 17.4. The number of nitro benzene ring substituents is 1. The van der Waals surface area contributed by atoms with Crippen LogP contribution in [0.2, 0.25) is 0 Å². The molecule has 0 spiro atoms. The van der Waals surface area contributed by atoms with E-state index in [0.717, 1.165) is 10.9 Å². The Morgan fingerprint density at radius 1 is 0.939 bits per heavy atom. The van der Waals surface area contributed by atoms with Crippen molar-refractivity contribution in [3.63, 3.8) is 0 Å². The summed E-state index contributed by atoms with van der Waals surface area (Å²) in [6.07, 6.45) is 1.35. The van der Waals surface area contributed by atoms with Gasteiger partial charge in [0.1, 0.15) is 12.4 Å². The lowest BCUT2D eigenvalue weighted by atomic mass is 10.1. The van der Waals surface area contributed by atoms with Gasteiger partial charge in [-0.05, 0) is 34.5 Å². The molecule has 4 aromatic rings. The highest BCUT2D eigenvalue weighted by Crippen LogP contribution is 2.21. The summed E-state index contributed by atoms with van der Waals surface area (Å²) in [5.74, 6) is 0.178. The number of hydrogen-bond acceptors (Lipinski definition) is 5. The van der Waals surface area contributed by atoms with Crippen LogP contribution in [0.15, 0.2) is 96.1 Å². The number of fused-ring (bicyclic) bond motifs is 1. The molecule has 0 atom stereocenters. The molecule has 0 saturated heterocycles. The van der Waals surface area contributed by atoms with Crippen LogP contribution in [0.5, 0.6) is 5.75 Å². The van der Waals surface area contributed by atoms with Crippen LogP contribution in [0, 0.1) is 10.1 Å². The molecule has 1 amide bonds. The second kappa shape index (κ2) is 10.2. The molecule has 7 heteroatoms. The van der Waals surface area contributed by atoms with Gasteiger partial charge in [0.25, 0.3) is 5.69 Å². The van der Waals surface area contributed by atoms with Gasteiger partial charge in [0.15, 0.2) is 0 Å². The summed E-state index contributed by atoms with van der Waals surface area (Å²) in [5.41, 5.74) is 4.39. The Morgan fingerprint density at radius 3 is 2.52 bits per heavy atom. The van der Waals surface area contributed by atoms with Gasteiger partial charge in [-0.15, -0.1) is 0 Å². The Labute approximate surface area is 190 Å². The fourth-order valence-corrected chi connectivity index (χ4v) is 3.43. The normalized spacial score (nSPS) is 10.9. The van der Waals surface area contributed by atoms with Crippen molar-refractivity contribution in [2.45, 2.75) is 13.0 Å². The van der Waals surface area contributed by atoms with Crippen molar-refractivity contribution < 1.29 is 14.5 Å². The molecule has 0 aliphatic heterocycles. The number of rotatable bonds is 8. The second-order valence-corrected chi connectivity index (χ2v) is 7.36. The molecule has 0 bridgehead atoms. The van der Waals surface area contributed by atoms with Crippen LogP contribution < -0.4 is 10.2 Å². The van der Waals surface area contributed by atoms with Crippen molar-refractivity contribution in [2.75, 3.05) is 0 Å². The molecule has 7 nitrogen and oxygen atoms in total. The number of hydrazone groups is 1. The third-order valence-corrected chi connectivity index (χ3v) is 5.06. The first kappa shape index (κ1) is 21.7. The Hall–Kier alpha value is -4.52. The molecule has 0 fully saturated rings. The monoisotopic (exact) mass is 439 g/mol. The minimum Gasteiger partial charge on any atom is -0.488 e. The largest absolute Gasteiger partial charge is 0.488 e. The van der Waals surface area contributed by atoms with E-state index >= 15 is 0 Å². The Balaban J connectivity index is 1.39. The maximum atomic E-state index is 12.2.